The van der Waals surface area contributed by atoms with Crippen LogP contribution in [-0.2, 0) is 16.8 Å². The van der Waals surface area contributed by atoms with E-state index in [1.807, 2.05) is 6.92 Å². The van der Waals surface area contributed by atoms with E-state index in [4.69, 9.17) is 20.6 Å². The molecule has 4 N–H and O–H groups in total. The highest BCUT2D eigenvalue weighted by Gasteiger charge is 2.36. The molecule has 2 aromatic heterocycles. The van der Waals surface area contributed by atoms with Crippen molar-refractivity contribution in [3.63, 3.8) is 0 Å². The normalized spacial score (nSPS) is 11.7. The van der Waals surface area contributed by atoms with Gasteiger partial charge in [0.1, 0.15) is 23.7 Å². The van der Waals surface area contributed by atoms with E-state index in [1.54, 1.807) is 39.1 Å². The van der Waals surface area contributed by atoms with Gasteiger partial charge in [-0.1, -0.05) is 0 Å². The molecule has 1 aromatic carbocycles. The molecule has 8 heteroatoms. The third kappa shape index (κ3) is 3.28. The molecule has 0 bridgehead atoms. The van der Waals surface area contributed by atoms with Gasteiger partial charge in [0.05, 0.1) is 20.9 Å². The Morgan fingerprint density at radius 1 is 1.26 bits per heavy atom. The number of carbonyl (C=O) groups excluding carboxylic acids is 2. The summed E-state index contributed by atoms with van der Waals surface area (Å²) in [6, 6.07) is 3.41. The largest absolute Gasteiger partial charge is 0.488 e. The van der Waals surface area contributed by atoms with E-state index >= 15 is 0 Å². The van der Waals surface area contributed by atoms with Crippen molar-refractivity contribution in [3.8, 4) is 5.75 Å². The Balaban J connectivity index is 2.22. The second-order valence-corrected chi connectivity index (χ2v) is 8.15. The number of nitrogens with two attached hydrogens (primary N) is 2. The lowest BCUT2D eigenvalue weighted by atomic mass is 9.80. The van der Waals surface area contributed by atoms with Crippen LogP contribution in [0.5, 0.6) is 5.75 Å². The number of benzene rings is 1. The van der Waals surface area contributed by atoms with Crippen LogP contribution < -0.4 is 16.2 Å². The smallest absolute Gasteiger partial charge is 0.252 e. The zero-order valence-electron chi connectivity index (χ0n) is 15.6. The Morgan fingerprint density at radius 2 is 1.96 bits per heavy atom. The van der Waals surface area contributed by atoms with Crippen LogP contribution >= 0.6 is 11.3 Å². The van der Waals surface area contributed by atoms with Crippen LogP contribution in [0.3, 0.4) is 0 Å². The minimum Gasteiger partial charge on any atom is -0.488 e. The maximum Gasteiger partial charge on any atom is 0.252 e. The Labute approximate surface area is 160 Å². The number of amides is 2. The first-order valence-corrected chi connectivity index (χ1v) is 9.15. The average molecular weight is 387 g/mol. The molecule has 0 fully saturated rings. The van der Waals surface area contributed by atoms with E-state index in [0.29, 0.717) is 28.0 Å². The number of aromatic nitrogens is 1. The first-order chi connectivity index (χ1) is 12.6. The van der Waals surface area contributed by atoms with Gasteiger partial charge in [-0.05, 0) is 39.8 Å². The topological polar surface area (TPSA) is 121 Å². The van der Waals surface area contributed by atoms with Crippen molar-refractivity contribution in [1.82, 2.24) is 4.98 Å². The first-order valence-electron chi connectivity index (χ1n) is 8.33. The predicted molar refractivity (Wildman–Crippen MR) is 103 cm³/mol. The van der Waals surface area contributed by atoms with Crippen molar-refractivity contribution < 1.29 is 18.7 Å². The summed E-state index contributed by atoms with van der Waals surface area (Å²) in [4.78, 5) is 29.4. The van der Waals surface area contributed by atoms with Crippen molar-refractivity contribution in [2.75, 3.05) is 0 Å². The number of rotatable bonds is 6. The van der Waals surface area contributed by atoms with Crippen molar-refractivity contribution in [2.45, 2.75) is 39.7 Å². The molecule has 3 rings (SSSR count). The summed E-state index contributed by atoms with van der Waals surface area (Å²) < 4.78 is 11.7. The summed E-state index contributed by atoms with van der Waals surface area (Å²) in [6.07, 6.45) is 1.74. The zero-order chi connectivity index (χ0) is 19.9. The lowest BCUT2D eigenvalue weighted by molar-refractivity contribution is -0.122. The number of hydrogen-bond donors (Lipinski definition) is 2. The summed E-state index contributed by atoms with van der Waals surface area (Å²) in [6.45, 7) is 7.21. The van der Waals surface area contributed by atoms with E-state index in [-0.39, 0.29) is 12.2 Å². The fourth-order valence-electron chi connectivity index (χ4n) is 3.07. The van der Waals surface area contributed by atoms with Gasteiger partial charge >= 0.3 is 0 Å². The fraction of sp³-hybridized carbons (Fsp3) is 0.316. The van der Waals surface area contributed by atoms with Gasteiger partial charge in [-0.2, -0.15) is 0 Å². The van der Waals surface area contributed by atoms with E-state index in [1.165, 1.54) is 11.3 Å². The van der Waals surface area contributed by atoms with Gasteiger partial charge in [0.25, 0.3) is 5.91 Å². The van der Waals surface area contributed by atoms with Crippen molar-refractivity contribution in [2.24, 2.45) is 11.5 Å². The molecule has 2 heterocycles. The summed E-state index contributed by atoms with van der Waals surface area (Å²) in [5, 5.41) is 1.39. The number of carbonyl (C=O) groups is 2. The summed E-state index contributed by atoms with van der Waals surface area (Å²) >= 11 is 1.52. The molecule has 0 saturated heterocycles. The van der Waals surface area contributed by atoms with Crippen molar-refractivity contribution >= 4 is 34.1 Å². The third-order valence-corrected chi connectivity index (χ3v) is 5.41. The molecule has 0 aliphatic heterocycles. The maximum absolute atomic E-state index is 12.2. The monoisotopic (exact) mass is 387 g/mol. The molecule has 0 radical (unpaired) electrons. The Morgan fingerprint density at radius 3 is 2.52 bits per heavy atom. The standard InChI is InChI=1S/C19H21N3O4S/c1-9-14(17(20)23)15-12(26-9)5-6-13(16(15)19(3,4)18(21)24)25-8-11-7-22-10(2)27-11/h5-7H,8H2,1-4H3,(H2,20,23)(H2,21,24). The summed E-state index contributed by atoms with van der Waals surface area (Å²) in [7, 11) is 0. The Kier molecular flexibility index (Phi) is 4.69. The van der Waals surface area contributed by atoms with Crippen LogP contribution in [0.1, 0.15) is 45.4 Å². The minimum absolute atomic E-state index is 0.230. The number of hydrogen-bond acceptors (Lipinski definition) is 6. The molecule has 7 nitrogen and oxygen atoms in total. The molecule has 0 saturated carbocycles. The number of ether oxygens (including phenoxy) is 1. The molecule has 0 aliphatic carbocycles. The molecule has 3 aromatic rings. The second-order valence-electron chi connectivity index (χ2n) is 6.83. The Bertz CT molecular complexity index is 1050. The average Bonchev–Trinajstić information content (AvgIpc) is 3.13. The third-order valence-electron chi connectivity index (χ3n) is 4.52. The minimum atomic E-state index is -1.11. The molecular weight excluding hydrogens is 366 g/mol. The van der Waals surface area contributed by atoms with Gasteiger partial charge in [0.2, 0.25) is 5.91 Å². The highest BCUT2D eigenvalue weighted by atomic mass is 32.1. The highest BCUT2D eigenvalue weighted by molar-refractivity contribution is 7.11. The van der Waals surface area contributed by atoms with Gasteiger partial charge in [-0.15, -0.1) is 11.3 Å². The van der Waals surface area contributed by atoms with Crippen molar-refractivity contribution in [1.29, 1.82) is 0 Å². The summed E-state index contributed by atoms with van der Waals surface area (Å²) in [5.41, 5.74) is 11.3. The maximum atomic E-state index is 12.2. The van der Waals surface area contributed by atoms with E-state index in [2.05, 4.69) is 4.98 Å². The van der Waals surface area contributed by atoms with Crippen molar-refractivity contribution in [3.05, 3.63) is 45.1 Å². The number of thiazole rings is 1. The zero-order valence-corrected chi connectivity index (χ0v) is 16.4. The van der Waals surface area contributed by atoms with E-state index in [0.717, 1.165) is 9.88 Å². The summed E-state index contributed by atoms with van der Waals surface area (Å²) in [5.74, 6) is -0.360. The number of nitrogens with zero attached hydrogens (tertiary/aromatic N) is 1. The lowest BCUT2D eigenvalue weighted by Crippen LogP contribution is -2.36. The fourth-order valence-corrected chi connectivity index (χ4v) is 3.78. The predicted octanol–water partition coefficient (Wildman–Crippen LogP) is 2.95. The van der Waals surface area contributed by atoms with Gasteiger partial charge in [0, 0.05) is 17.1 Å². The molecule has 0 unspecified atom stereocenters. The number of fused-ring (bicyclic) bond motifs is 1. The lowest BCUT2D eigenvalue weighted by Gasteiger charge is -2.25. The molecule has 0 atom stereocenters. The number of furan rings is 1. The van der Waals surface area contributed by atoms with Gasteiger partial charge in [-0.25, -0.2) is 4.98 Å². The van der Waals surface area contributed by atoms with Crippen LogP contribution in [0.15, 0.2) is 22.7 Å². The highest BCUT2D eigenvalue weighted by Crippen LogP contribution is 2.41. The molecule has 27 heavy (non-hydrogen) atoms. The van der Waals surface area contributed by atoms with Gasteiger partial charge in [0.15, 0.2) is 0 Å². The SMILES string of the molecule is Cc1ncc(COc2ccc3oc(C)c(C(N)=O)c3c2C(C)(C)C(N)=O)s1. The van der Waals surface area contributed by atoms with Gasteiger partial charge in [-0.3, -0.25) is 9.59 Å². The van der Waals surface area contributed by atoms with E-state index < -0.39 is 17.2 Å². The molecule has 142 valence electrons. The second kappa shape index (κ2) is 6.70. The van der Waals surface area contributed by atoms with Crippen LogP contribution in [-0.4, -0.2) is 16.8 Å². The first kappa shape index (κ1) is 18.9. The molecule has 0 aliphatic rings. The van der Waals surface area contributed by atoms with E-state index in [9.17, 15) is 9.59 Å². The van der Waals surface area contributed by atoms with Crippen LogP contribution in [0.2, 0.25) is 0 Å². The van der Waals surface area contributed by atoms with Crippen LogP contribution in [0.25, 0.3) is 11.0 Å². The van der Waals surface area contributed by atoms with Crippen LogP contribution in [0.4, 0.5) is 0 Å². The van der Waals surface area contributed by atoms with Crippen LogP contribution in [0, 0.1) is 13.8 Å². The number of primary amides is 2. The molecular formula is C19H21N3O4S. The quantitative estimate of drug-likeness (QED) is 0.673. The molecule has 2 amide bonds. The Hall–Kier alpha value is -2.87. The van der Waals surface area contributed by atoms with Gasteiger partial charge < -0.3 is 20.6 Å². The number of aryl methyl sites for hydroxylation is 2. The molecule has 0 spiro atoms.